The number of amides is 1. The zero-order valence-electron chi connectivity index (χ0n) is 35.4. The third-order valence-corrected chi connectivity index (χ3v) is 10.6. The van der Waals surface area contributed by atoms with Crippen LogP contribution in [0.15, 0.2) is 78.1 Å². The smallest absolute Gasteiger partial charge is 0.418 e. The number of carbonyl (C=O) groups is 1. The summed E-state index contributed by atoms with van der Waals surface area (Å²) in [6.07, 6.45) is 1.93. The van der Waals surface area contributed by atoms with Crippen LogP contribution in [-0.2, 0) is 43.5 Å². The van der Waals surface area contributed by atoms with Crippen LogP contribution >= 0.6 is 0 Å². The van der Waals surface area contributed by atoms with E-state index in [9.17, 15) is 22.8 Å². The average molecular weight is 874 g/mol. The standard InChI is InChI=1S/C44H50F3N9O7/c1-4-60-17-18-62-21-22-63-20-19-61-16-11-39(57)49-25-30-26-51-42(52-27-30)55-14-12-54(13-15-55)37-9-7-33(24-35(37)44(45,46)47)56-41-34-23-31(32-6-10-40(59-3)50-28-32)5-8-36(34)48-29-38(41)53(2)43(56)58/h5-10,23-24,26-29H,4,11-22,25H2,1-3H3,(H,49,57). The Kier molecular flexibility index (Phi) is 14.8. The number of ether oxygens (including phenoxy) is 5. The van der Waals surface area contributed by atoms with Crippen molar-refractivity contribution in [3.63, 3.8) is 0 Å². The molecule has 0 bridgehead atoms. The topological polar surface area (TPSA) is 160 Å². The van der Waals surface area contributed by atoms with Crippen molar-refractivity contribution >= 4 is 39.5 Å². The maximum absolute atomic E-state index is 14.9. The van der Waals surface area contributed by atoms with Crippen LogP contribution in [0.5, 0.6) is 5.88 Å². The number of piperazine rings is 1. The third-order valence-electron chi connectivity index (χ3n) is 10.6. The zero-order chi connectivity index (χ0) is 44.3. The number of pyridine rings is 2. The number of nitrogens with zero attached hydrogens (tertiary/aromatic N) is 8. The molecular weight excluding hydrogens is 824 g/mol. The van der Waals surface area contributed by atoms with Crippen LogP contribution in [0.2, 0.25) is 0 Å². The van der Waals surface area contributed by atoms with Crippen LogP contribution in [0.4, 0.5) is 24.8 Å². The van der Waals surface area contributed by atoms with Crippen molar-refractivity contribution in [2.24, 2.45) is 7.05 Å². The minimum absolute atomic E-state index is 0.0144. The van der Waals surface area contributed by atoms with Gasteiger partial charge in [0, 0.05) is 99.7 Å². The van der Waals surface area contributed by atoms with Gasteiger partial charge in [-0.25, -0.2) is 19.7 Å². The van der Waals surface area contributed by atoms with E-state index in [0.717, 1.165) is 17.2 Å². The third kappa shape index (κ3) is 10.9. The number of nitrogens with one attached hydrogen (secondary N) is 1. The molecule has 0 unspecified atom stereocenters. The second-order valence-corrected chi connectivity index (χ2v) is 14.6. The molecule has 5 heterocycles. The number of methoxy groups -OCH3 is 1. The fraction of sp³-hybridized carbons (Fsp3) is 0.409. The summed E-state index contributed by atoms with van der Waals surface area (Å²) in [5, 5.41) is 3.42. The van der Waals surface area contributed by atoms with E-state index in [1.165, 1.54) is 22.3 Å². The molecule has 1 aliphatic rings. The summed E-state index contributed by atoms with van der Waals surface area (Å²) in [5.41, 5.74) is 2.49. The molecule has 1 fully saturated rings. The van der Waals surface area contributed by atoms with Crippen molar-refractivity contribution in [3.05, 3.63) is 94.9 Å². The Morgan fingerprint density at radius 1 is 0.762 bits per heavy atom. The van der Waals surface area contributed by atoms with E-state index in [0.29, 0.717) is 98.7 Å². The largest absolute Gasteiger partial charge is 0.481 e. The van der Waals surface area contributed by atoms with Crippen LogP contribution < -0.4 is 25.5 Å². The Balaban J connectivity index is 0.958. The van der Waals surface area contributed by atoms with E-state index < -0.39 is 17.4 Å². The number of aryl methyl sites for hydroxylation is 1. The molecule has 0 atom stereocenters. The number of halogens is 3. The van der Waals surface area contributed by atoms with Gasteiger partial charge in [0.25, 0.3) is 0 Å². The van der Waals surface area contributed by atoms with Crippen molar-refractivity contribution in [2.45, 2.75) is 26.1 Å². The molecule has 1 amide bonds. The number of carbonyl (C=O) groups excluding carboxylic acids is 1. The van der Waals surface area contributed by atoms with E-state index >= 15 is 0 Å². The number of aromatic nitrogens is 6. The molecule has 1 N–H and O–H groups in total. The number of anilines is 2. The lowest BCUT2D eigenvalue weighted by Gasteiger charge is -2.37. The fourth-order valence-corrected chi connectivity index (χ4v) is 7.26. The molecule has 0 aliphatic carbocycles. The number of rotatable bonds is 20. The van der Waals surface area contributed by atoms with Crippen molar-refractivity contribution in [2.75, 3.05) is 95.9 Å². The highest BCUT2D eigenvalue weighted by Crippen LogP contribution is 2.39. The molecule has 7 rings (SSSR count). The molecule has 4 aromatic heterocycles. The minimum atomic E-state index is -4.72. The van der Waals surface area contributed by atoms with Gasteiger partial charge in [0.05, 0.1) is 87.4 Å². The molecule has 1 saturated heterocycles. The van der Waals surface area contributed by atoms with Gasteiger partial charge in [-0.2, -0.15) is 13.2 Å². The van der Waals surface area contributed by atoms with Gasteiger partial charge in [-0.1, -0.05) is 6.07 Å². The Morgan fingerprint density at radius 2 is 1.43 bits per heavy atom. The van der Waals surface area contributed by atoms with Gasteiger partial charge in [-0.3, -0.25) is 18.9 Å². The molecule has 0 spiro atoms. The number of benzene rings is 2. The van der Waals surface area contributed by atoms with Crippen molar-refractivity contribution in [1.29, 1.82) is 0 Å². The van der Waals surface area contributed by atoms with Crippen molar-refractivity contribution in [1.82, 2.24) is 34.4 Å². The summed E-state index contributed by atoms with van der Waals surface area (Å²) in [4.78, 5) is 47.5. The average Bonchev–Trinajstić information content (AvgIpc) is 3.57. The van der Waals surface area contributed by atoms with Gasteiger partial charge in [0.1, 0.15) is 0 Å². The Labute approximate surface area is 361 Å². The second kappa shape index (κ2) is 20.8. The van der Waals surface area contributed by atoms with Gasteiger partial charge in [-0.15, -0.1) is 0 Å². The first-order valence-electron chi connectivity index (χ1n) is 20.7. The zero-order valence-corrected chi connectivity index (χ0v) is 35.4. The summed E-state index contributed by atoms with van der Waals surface area (Å²) in [6.45, 7) is 7.14. The molecule has 6 aromatic rings. The summed E-state index contributed by atoms with van der Waals surface area (Å²) in [7, 11) is 3.10. The van der Waals surface area contributed by atoms with E-state index in [-0.39, 0.29) is 49.9 Å². The minimum Gasteiger partial charge on any atom is -0.481 e. The number of fused-ring (bicyclic) bond motifs is 3. The second-order valence-electron chi connectivity index (χ2n) is 14.6. The van der Waals surface area contributed by atoms with Crippen LogP contribution in [-0.4, -0.2) is 121 Å². The Morgan fingerprint density at radius 3 is 2.08 bits per heavy atom. The highest BCUT2D eigenvalue weighted by molar-refractivity contribution is 6.04. The quantitative estimate of drug-likeness (QED) is 0.100. The van der Waals surface area contributed by atoms with E-state index in [2.05, 4.69) is 25.3 Å². The summed E-state index contributed by atoms with van der Waals surface area (Å²) >= 11 is 0. The molecule has 0 radical (unpaired) electrons. The summed E-state index contributed by atoms with van der Waals surface area (Å²) < 4.78 is 74.1. The predicted octanol–water partition coefficient (Wildman–Crippen LogP) is 5.18. The van der Waals surface area contributed by atoms with Crippen molar-refractivity contribution < 1.29 is 41.7 Å². The maximum Gasteiger partial charge on any atom is 0.418 e. The lowest BCUT2D eigenvalue weighted by atomic mass is 10.0. The number of imidazole rings is 1. The van der Waals surface area contributed by atoms with Gasteiger partial charge >= 0.3 is 11.9 Å². The fourth-order valence-electron chi connectivity index (χ4n) is 7.26. The highest BCUT2D eigenvalue weighted by atomic mass is 19.4. The number of hydrogen-bond donors (Lipinski definition) is 1. The van der Waals surface area contributed by atoms with E-state index in [4.69, 9.17) is 23.7 Å². The van der Waals surface area contributed by atoms with Gasteiger partial charge in [0.2, 0.25) is 17.7 Å². The Bertz CT molecular complexity index is 2530. The normalized spacial score (nSPS) is 13.3. The SMILES string of the molecule is CCOCCOCCOCCOCCC(=O)NCc1cnc(N2CCN(c3ccc(-n4c(=O)n(C)c5cnc6ccc(-c7ccc(OC)nc7)cc6c54)cc3C(F)(F)F)CC2)nc1. The van der Waals surface area contributed by atoms with Gasteiger partial charge < -0.3 is 38.8 Å². The lowest BCUT2D eigenvalue weighted by Crippen LogP contribution is -2.47. The van der Waals surface area contributed by atoms with E-state index in [1.54, 1.807) is 48.9 Å². The maximum atomic E-state index is 14.9. The Hall–Kier alpha value is -6.15. The molecule has 19 heteroatoms. The molecule has 63 heavy (non-hydrogen) atoms. The molecule has 1 aliphatic heterocycles. The molecule has 16 nitrogen and oxygen atoms in total. The van der Waals surface area contributed by atoms with E-state index in [1.807, 2.05) is 36.1 Å². The first-order chi connectivity index (χ1) is 30.5. The van der Waals surface area contributed by atoms with Crippen LogP contribution in [0.3, 0.4) is 0 Å². The van der Waals surface area contributed by atoms with Gasteiger partial charge in [-0.05, 0) is 48.9 Å². The summed E-state index contributed by atoms with van der Waals surface area (Å²) in [5.74, 6) is 0.708. The van der Waals surface area contributed by atoms with Crippen LogP contribution in [0.25, 0.3) is 38.8 Å². The summed E-state index contributed by atoms with van der Waals surface area (Å²) in [6, 6.07) is 13.2. The lowest BCUT2D eigenvalue weighted by molar-refractivity contribution is -0.137. The first-order valence-corrected chi connectivity index (χ1v) is 20.7. The van der Waals surface area contributed by atoms with Crippen molar-refractivity contribution in [3.8, 4) is 22.7 Å². The first kappa shape index (κ1) is 44.9. The molecule has 2 aromatic carbocycles. The van der Waals surface area contributed by atoms with Gasteiger partial charge in [0.15, 0.2) is 0 Å². The molecule has 334 valence electrons. The number of hydrogen-bond acceptors (Lipinski definition) is 13. The monoisotopic (exact) mass is 873 g/mol. The van der Waals surface area contributed by atoms with Crippen LogP contribution in [0, 0.1) is 0 Å². The molecular formula is C44H50F3N9O7. The predicted molar refractivity (Wildman–Crippen MR) is 230 cm³/mol. The molecule has 0 saturated carbocycles. The number of alkyl halides is 3. The highest BCUT2D eigenvalue weighted by Gasteiger charge is 2.36. The van der Waals surface area contributed by atoms with Crippen LogP contribution in [0.1, 0.15) is 24.5 Å².